The minimum absolute atomic E-state index is 0.125. The number of hydrogen-bond acceptors (Lipinski definition) is 5. The first-order valence-electron chi connectivity index (χ1n) is 8.46. The fourth-order valence-electron chi connectivity index (χ4n) is 2.53. The lowest BCUT2D eigenvalue weighted by molar-refractivity contribution is -0.154. The lowest BCUT2D eigenvalue weighted by Crippen LogP contribution is -2.23. The van der Waals surface area contributed by atoms with E-state index in [4.69, 9.17) is 10.5 Å². The van der Waals surface area contributed by atoms with E-state index in [9.17, 15) is 4.79 Å². The van der Waals surface area contributed by atoms with Crippen LogP contribution in [0.25, 0.3) is 10.9 Å². The third kappa shape index (κ3) is 5.41. The second kappa shape index (κ2) is 7.99. The number of nitrogen functional groups attached to an aromatic ring is 1. The molecular formula is C19H27N3O2. The van der Waals surface area contributed by atoms with E-state index in [1.54, 1.807) is 6.20 Å². The first-order valence-corrected chi connectivity index (χ1v) is 8.46. The molecule has 0 aliphatic heterocycles. The number of ether oxygens (including phenoxy) is 1. The Morgan fingerprint density at radius 1 is 1.21 bits per heavy atom. The van der Waals surface area contributed by atoms with Crippen LogP contribution in [0.4, 0.5) is 11.4 Å². The number of rotatable bonds is 7. The number of anilines is 2. The summed E-state index contributed by atoms with van der Waals surface area (Å²) in [5.74, 6) is -0.125. The van der Waals surface area contributed by atoms with E-state index in [0.29, 0.717) is 12.1 Å². The molecule has 0 atom stereocenters. The maximum absolute atomic E-state index is 11.6. The molecule has 5 nitrogen and oxygen atoms in total. The van der Waals surface area contributed by atoms with Gasteiger partial charge < -0.3 is 15.8 Å². The minimum Gasteiger partial charge on any atom is -0.460 e. The smallest absolute Gasteiger partial charge is 0.306 e. The van der Waals surface area contributed by atoms with Gasteiger partial charge in [0.05, 0.1) is 23.1 Å². The lowest BCUT2D eigenvalue weighted by atomic mass is 10.1. The Kier molecular flexibility index (Phi) is 6.01. The van der Waals surface area contributed by atoms with E-state index in [1.807, 2.05) is 45.0 Å². The quantitative estimate of drug-likeness (QED) is 0.590. The first-order chi connectivity index (χ1) is 11.4. The van der Waals surface area contributed by atoms with Crippen LogP contribution in [-0.4, -0.2) is 23.1 Å². The fourth-order valence-corrected chi connectivity index (χ4v) is 2.53. The highest BCUT2D eigenvalue weighted by Gasteiger charge is 2.15. The third-order valence-electron chi connectivity index (χ3n) is 3.58. The number of hydrogen-bond donors (Lipinski definition) is 2. The molecule has 0 bridgehead atoms. The average molecular weight is 329 g/mol. The number of unbranched alkanes of at least 4 members (excludes halogenated alkanes) is 2. The molecular weight excluding hydrogens is 302 g/mol. The van der Waals surface area contributed by atoms with Crippen LogP contribution < -0.4 is 11.1 Å². The summed E-state index contributed by atoms with van der Waals surface area (Å²) in [5, 5.41) is 4.43. The zero-order chi connectivity index (χ0) is 17.6. The highest BCUT2D eigenvalue weighted by molar-refractivity contribution is 5.96. The van der Waals surface area contributed by atoms with Gasteiger partial charge in [-0.2, -0.15) is 0 Å². The van der Waals surface area contributed by atoms with Gasteiger partial charge in [0.1, 0.15) is 5.60 Å². The Labute approximate surface area is 143 Å². The predicted octanol–water partition coefficient (Wildman–Crippen LogP) is 4.13. The number of nitrogens with two attached hydrogens (primary N) is 1. The lowest BCUT2D eigenvalue weighted by Gasteiger charge is -2.19. The third-order valence-corrected chi connectivity index (χ3v) is 3.58. The molecule has 5 heteroatoms. The van der Waals surface area contributed by atoms with Crippen LogP contribution in [0.3, 0.4) is 0 Å². The summed E-state index contributed by atoms with van der Waals surface area (Å²) in [6, 6.07) is 7.94. The number of nitrogens with one attached hydrogen (secondary N) is 1. The van der Waals surface area contributed by atoms with Crippen LogP contribution in [-0.2, 0) is 9.53 Å². The van der Waals surface area contributed by atoms with Crippen molar-refractivity contribution in [2.24, 2.45) is 0 Å². The predicted molar refractivity (Wildman–Crippen MR) is 99.0 cm³/mol. The Bertz CT molecular complexity index is 693. The number of benzene rings is 1. The van der Waals surface area contributed by atoms with Crippen LogP contribution >= 0.6 is 0 Å². The molecule has 130 valence electrons. The van der Waals surface area contributed by atoms with E-state index >= 15 is 0 Å². The minimum atomic E-state index is -0.404. The summed E-state index contributed by atoms with van der Waals surface area (Å²) in [5.41, 5.74) is 8.16. The summed E-state index contributed by atoms with van der Waals surface area (Å²) in [4.78, 5) is 16.0. The van der Waals surface area contributed by atoms with Gasteiger partial charge >= 0.3 is 5.97 Å². The van der Waals surface area contributed by atoms with Gasteiger partial charge in [-0.1, -0.05) is 24.6 Å². The Hall–Kier alpha value is -2.30. The highest BCUT2D eigenvalue weighted by Crippen LogP contribution is 2.27. The molecule has 0 unspecified atom stereocenters. The highest BCUT2D eigenvalue weighted by atomic mass is 16.6. The summed E-state index contributed by atoms with van der Waals surface area (Å²) in [6.45, 7) is 6.47. The summed E-state index contributed by atoms with van der Waals surface area (Å²) < 4.78 is 5.30. The molecule has 0 saturated heterocycles. The van der Waals surface area contributed by atoms with Crippen molar-refractivity contribution in [1.82, 2.24) is 4.98 Å². The van der Waals surface area contributed by atoms with Gasteiger partial charge in [-0.25, -0.2) is 0 Å². The molecule has 0 radical (unpaired) electrons. The van der Waals surface area contributed by atoms with Crippen molar-refractivity contribution in [3.63, 3.8) is 0 Å². The summed E-state index contributed by atoms with van der Waals surface area (Å²) >= 11 is 0. The van der Waals surface area contributed by atoms with Crippen molar-refractivity contribution < 1.29 is 9.53 Å². The van der Waals surface area contributed by atoms with E-state index in [2.05, 4.69) is 10.3 Å². The SMILES string of the molecule is CC(C)(C)OC(=O)CCCCCNc1c(N)cnc2ccccc12. The van der Waals surface area contributed by atoms with Crippen LogP contribution in [0.5, 0.6) is 0 Å². The monoisotopic (exact) mass is 329 g/mol. The van der Waals surface area contributed by atoms with Gasteiger partial charge in [0.15, 0.2) is 0 Å². The van der Waals surface area contributed by atoms with Gasteiger partial charge in [-0.15, -0.1) is 0 Å². The second-order valence-electron chi connectivity index (χ2n) is 6.93. The van der Waals surface area contributed by atoms with Gasteiger partial charge in [0.25, 0.3) is 0 Å². The Morgan fingerprint density at radius 3 is 2.71 bits per heavy atom. The summed E-state index contributed by atoms with van der Waals surface area (Å²) in [7, 11) is 0. The van der Waals surface area contributed by atoms with Crippen molar-refractivity contribution in [3.05, 3.63) is 30.5 Å². The fraction of sp³-hybridized carbons (Fsp3) is 0.474. The van der Waals surface area contributed by atoms with Crippen LogP contribution in [0, 0.1) is 0 Å². The van der Waals surface area contributed by atoms with Crippen molar-refractivity contribution in [1.29, 1.82) is 0 Å². The number of carbonyl (C=O) groups excluding carboxylic acids is 1. The van der Waals surface area contributed by atoms with Gasteiger partial charge in [-0.3, -0.25) is 9.78 Å². The molecule has 0 aliphatic rings. The molecule has 1 aromatic carbocycles. The van der Waals surface area contributed by atoms with Crippen LogP contribution in [0.15, 0.2) is 30.5 Å². The molecule has 1 aromatic heterocycles. The number of nitrogens with zero attached hydrogens (tertiary/aromatic N) is 1. The topological polar surface area (TPSA) is 77.2 Å². The molecule has 0 aliphatic carbocycles. The number of esters is 1. The molecule has 1 heterocycles. The summed E-state index contributed by atoms with van der Waals surface area (Å²) in [6.07, 6.45) is 4.93. The first kappa shape index (κ1) is 18.0. The number of fused-ring (bicyclic) bond motifs is 1. The maximum atomic E-state index is 11.6. The standard InChI is InChI=1S/C19H27N3O2/c1-19(2,3)24-17(23)11-5-4-8-12-21-18-14-9-6-7-10-16(14)22-13-15(18)20/h6-7,9-10,13H,4-5,8,11-12,20H2,1-3H3,(H,21,22). The molecule has 2 aromatic rings. The molecule has 0 fully saturated rings. The number of para-hydroxylation sites is 1. The van der Waals surface area contributed by atoms with Crippen molar-refractivity contribution >= 4 is 28.2 Å². The van der Waals surface area contributed by atoms with Crippen LogP contribution in [0.2, 0.25) is 0 Å². The average Bonchev–Trinajstić information content (AvgIpc) is 2.50. The van der Waals surface area contributed by atoms with Crippen molar-refractivity contribution in [2.75, 3.05) is 17.6 Å². The Balaban J connectivity index is 1.75. The van der Waals surface area contributed by atoms with Gasteiger partial charge in [0, 0.05) is 18.4 Å². The normalized spacial score (nSPS) is 11.5. The molecule has 0 amide bonds. The van der Waals surface area contributed by atoms with E-state index in [1.165, 1.54) is 0 Å². The number of pyridine rings is 1. The van der Waals surface area contributed by atoms with Crippen molar-refractivity contribution in [3.8, 4) is 0 Å². The molecule has 0 saturated carbocycles. The molecule has 0 spiro atoms. The van der Waals surface area contributed by atoms with Crippen LogP contribution in [0.1, 0.15) is 46.5 Å². The van der Waals surface area contributed by atoms with Crippen molar-refractivity contribution in [2.45, 2.75) is 52.1 Å². The van der Waals surface area contributed by atoms with E-state index in [0.717, 1.165) is 42.4 Å². The number of carbonyl (C=O) groups is 1. The second-order valence-corrected chi connectivity index (χ2v) is 6.93. The van der Waals surface area contributed by atoms with Gasteiger partial charge in [-0.05, 0) is 39.7 Å². The molecule has 3 N–H and O–H groups in total. The maximum Gasteiger partial charge on any atom is 0.306 e. The van der Waals surface area contributed by atoms with E-state index in [-0.39, 0.29) is 5.97 Å². The zero-order valence-electron chi connectivity index (χ0n) is 14.8. The molecule has 2 rings (SSSR count). The molecule has 24 heavy (non-hydrogen) atoms. The van der Waals surface area contributed by atoms with Gasteiger partial charge in [0.2, 0.25) is 0 Å². The Morgan fingerprint density at radius 2 is 1.96 bits per heavy atom. The number of aromatic nitrogens is 1. The zero-order valence-corrected chi connectivity index (χ0v) is 14.8. The largest absolute Gasteiger partial charge is 0.460 e. The van der Waals surface area contributed by atoms with E-state index < -0.39 is 5.60 Å².